The second kappa shape index (κ2) is 6.93. The van der Waals surface area contributed by atoms with Crippen molar-refractivity contribution in [3.8, 4) is 0 Å². The number of fused-ring (bicyclic) bond motifs is 1. The fraction of sp³-hybridized carbons (Fsp3) is 0.400. The molecule has 1 aromatic rings. The average Bonchev–Trinajstić information content (AvgIpc) is 2.67. The molecule has 1 heterocycles. The molecule has 0 bridgehead atoms. The predicted molar refractivity (Wildman–Crippen MR) is 88.5 cm³/mol. The van der Waals surface area contributed by atoms with Crippen LogP contribution in [0.15, 0.2) is 18.2 Å². The molecule has 0 aromatic heterocycles. The molecule has 7 nitrogen and oxygen atoms in total. The molecular weight excluding hydrogens is 417 g/mol. The van der Waals surface area contributed by atoms with Gasteiger partial charge in [-0.05, 0) is 47.7 Å². The van der Waals surface area contributed by atoms with Crippen molar-refractivity contribution in [1.29, 1.82) is 0 Å². The topological polar surface area (TPSA) is 104 Å². The van der Waals surface area contributed by atoms with Crippen molar-refractivity contribution in [3.63, 3.8) is 0 Å². The van der Waals surface area contributed by atoms with Crippen LogP contribution in [-0.4, -0.2) is 41.2 Å². The first kappa shape index (κ1) is 17.8. The van der Waals surface area contributed by atoms with E-state index in [4.69, 9.17) is 0 Å². The van der Waals surface area contributed by atoms with Crippen LogP contribution in [0, 0.1) is 3.57 Å². The Balaban J connectivity index is 2.30. The summed E-state index contributed by atoms with van der Waals surface area (Å²) in [5.41, 5.74) is -1.48. The SMILES string of the molecule is CCOC(=O)CC(=O)CC1(O)C(=O)N(CO)c2ccc(I)cc21. The number of amides is 1. The Hall–Kier alpha value is -1.52. The van der Waals surface area contributed by atoms with Crippen molar-refractivity contribution < 1.29 is 29.3 Å². The van der Waals surface area contributed by atoms with E-state index in [9.17, 15) is 24.6 Å². The average molecular weight is 433 g/mol. The summed E-state index contributed by atoms with van der Waals surface area (Å²) in [6.45, 7) is 1.16. The smallest absolute Gasteiger partial charge is 0.313 e. The molecular formula is C15H16INO6. The minimum atomic E-state index is -2.08. The molecule has 124 valence electrons. The number of carbonyl (C=O) groups is 3. The number of aliphatic hydroxyl groups is 2. The number of hydrogen-bond acceptors (Lipinski definition) is 6. The minimum Gasteiger partial charge on any atom is -0.466 e. The molecule has 23 heavy (non-hydrogen) atoms. The number of benzene rings is 1. The molecule has 0 fully saturated rings. The van der Waals surface area contributed by atoms with Crippen LogP contribution >= 0.6 is 22.6 Å². The summed E-state index contributed by atoms with van der Waals surface area (Å²) in [5, 5.41) is 20.1. The molecule has 0 spiro atoms. The summed E-state index contributed by atoms with van der Waals surface area (Å²) >= 11 is 2.02. The quantitative estimate of drug-likeness (QED) is 0.389. The van der Waals surface area contributed by atoms with Gasteiger partial charge in [-0.15, -0.1) is 0 Å². The van der Waals surface area contributed by atoms with E-state index < -0.39 is 42.8 Å². The Kier molecular flexibility index (Phi) is 5.37. The number of Topliss-reactive ketones (excluding diaryl/α,β-unsaturated/α-hetero) is 1. The zero-order chi connectivity index (χ0) is 17.2. The number of hydrogen-bond donors (Lipinski definition) is 2. The Bertz CT molecular complexity index is 661. The lowest BCUT2D eigenvalue weighted by Gasteiger charge is -2.21. The number of rotatable bonds is 6. The van der Waals surface area contributed by atoms with Gasteiger partial charge in [-0.1, -0.05) is 0 Å². The van der Waals surface area contributed by atoms with Gasteiger partial charge in [0.15, 0.2) is 5.60 Å². The third-order valence-corrected chi connectivity index (χ3v) is 4.21. The summed E-state index contributed by atoms with van der Waals surface area (Å²) < 4.78 is 5.46. The summed E-state index contributed by atoms with van der Waals surface area (Å²) in [6.07, 6.45) is -1.06. The highest BCUT2D eigenvalue weighted by Gasteiger charge is 2.50. The van der Waals surface area contributed by atoms with Crippen LogP contribution in [0.3, 0.4) is 0 Å². The van der Waals surface area contributed by atoms with Gasteiger partial charge in [-0.25, -0.2) is 0 Å². The van der Waals surface area contributed by atoms with Crippen molar-refractivity contribution in [2.24, 2.45) is 0 Å². The van der Waals surface area contributed by atoms with Gasteiger partial charge >= 0.3 is 5.97 Å². The number of esters is 1. The largest absolute Gasteiger partial charge is 0.466 e. The normalized spacial score (nSPS) is 19.7. The first-order chi connectivity index (χ1) is 10.8. The van der Waals surface area contributed by atoms with E-state index in [1.165, 1.54) is 0 Å². The van der Waals surface area contributed by atoms with E-state index in [-0.39, 0.29) is 12.2 Å². The first-order valence-electron chi connectivity index (χ1n) is 6.96. The van der Waals surface area contributed by atoms with Gasteiger partial charge in [0.25, 0.3) is 5.91 Å². The molecule has 1 atom stereocenters. The highest BCUT2D eigenvalue weighted by atomic mass is 127. The van der Waals surface area contributed by atoms with Crippen LogP contribution in [0.1, 0.15) is 25.3 Å². The summed E-state index contributed by atoms with van der Waals surface area (Å²) in [4.78, 5) is 36.8. The Morgan fingerprint density at radius 3 is 2.70 bits per heavy atom. The number of carbonyl (C=O) groups excluding carboxylic acids is 3. The molecule has 8 heteroatoms. The van der Waals surface area contributed by atoms with E-state index in [1.807, 2.05) is 22.6 Å². The van der Waals surface area contributed by atoms with Crippen molar-refractivity contribution in [1.82, 2.24) is 0 Å². The molecule has 2 rings (SSSR count). The van der Waals surface area contributed by atoms with Crippen molar-refractivity contribution in [2.45, 2.75) is 25.4 Å². The van der Waals surface area contributed by atoms with Crippen LogP contribution in [0.2, 0.25) is 0 Å². The number of ether oxygens (including phenoxy) is 1. The fourth-order valence-corrected chi connectivity index (χ4v) is 3.05. The Labute approximate surface area is 146 Å². The molecule has 1 aromatic carbocycles. The van der Waals surface area contributed by atoms with Gasteiger partial charge in [0, 0.05) is 15.6 Å². The van der Waals surface area contributed by atoms with Crippen LogP contribution in [0.25, 0.3) is 0 Å². The Morgan fingerprint density at radius 1 is 1.39 bits per heavy atom. The van der Waals surface area contributed by atoms with E-state index in [0.29, 0.717) is 5.69 Å². The molecule has 0 saturated heterocycles. The van der Waals surface area contributed by atoms with Gasteiger partial charge in [0.1, 0.15) is 18.9 Å². The standard InChI is InChI=1S/C15H16INO6/c1-2-23-13(20)6-10(19)7-15(22)11-5-9(16)3-4-12(11)17(8-18)14(15)21/h3-5,18,22H,2,6-8H2,1H3. The first-order valence-corrected chi connectivity index (χ1v) is 8.04. The number of nitrogens with zero attached hydrogens (tertiary/aromatic N) is 1. The number of aliphatic hydroxyl groups excluding tert-OH is 1. The van der Waals surface area contributed by atoms with E-state index in [0.717, 1.165) is 8.47 Å². The predicted octanol–water partition coefficient (Wildman–Crippen LogP) is 0.688. The maximum atomic E-state index is 12.4. The number of anilines is 1. The molecule has 1 aliphatic heterocycles. The van der Waals surface area contributed by atoms with E-state index in [2.05, 4.69) is 4.74 Å². The molecule has 1 unspecified atom stereocenters. The van der Waals surface area contributed by atoms with Crippen LogP contribution in [0.4, 0.5) is 5.69 Å². The molecule has 0 saturated carbocycles. The lowest BCUT2D eigenvalue weighted by molar-refractivity contribution is -0.149. The third-order valence-electron chi connectivity index (χ3n) is 3.54. The van der Waals surface area contributed by atoms with Gasteiger partial charge in [-0.2, -0.15) is 0 Å². The Morgan fingerprint density at radius 2 is 2.09 bits per heavy atom. The van der Waals surface area contributed by atoms with Crippen molar-refractivity contribution in [3.05, 3.63) is 27.3 Å². The van der Waals surface area contributed by atoms with Crippen LogP contribution < -0.4 is 4.90 Å². The van der Waals surface area contributed by atoms with Gasteiger partial charge < -0.3 is 14.9 Å². The number of ketones is 1. The third kappa shape index (κ3) is 3.38. The molecule has 0 aliphatic carbocycles. The second-order valence-electron chi connectivity index (χ2n) is 5.09. The van der Waals surface area contributed by atoms with Gasteiger partial charge in [-0.3, -0.25) is 19.3 Å². The zero-order valence-electron chi connectivity index (χ0n) is 12.4. The molecule has 2 N–H and O–H groups in total. The highest BCUT2D eigenvalue weighted by molar-refractivity contribution is 14.1. The summed E-state index contributed by atoms with van der Waals surface area (Å²) in [5.74, 6) is -2.09. The summed E-state index contributed by atoms with van der Waals surface area (Å²) in [6, 6.07) is 4.90. The van der Waals surface area contributed by atoms with Crippen molar-refractivity contribution in [2.75, 3.05) is 18.2 Å². The number of halogens is 1. The zero-order valence-corrected chi connectivity index (χ0v) is 14.6. The van der Waals surface area contributed by atoms with Gasteiger partial charge in [0.2, 0.25) is 0 Å². The molecule has 0 radical (unpaired) electrons. The van der Waals surface area contributed by atoms with Gasteiger partial charge in [0.05, 0.1) is 12.3 Å². The van der Waals surface area contributed by atoms with Crippen LogP contribution in [0.5, 0.6) is 0 Å². The molecule has 1 amide bonds. The maximum absolute atomic E-state index is 12.4. The lowest BCUT2D eigenvalue weighted by atomic mass is 9.89. The highest BCUT2D eigenvalue weighted by Crippen LogP contribution is 2.43. The lowest BCUT2D eigenvalue weighted by Crippen LogP contribution is -2.42. The summed E-state index contributed by atoms with van der Waals surface area (Å²) in [7, 11) is 0. The van der Waals surface area contributed by atoms with E-state index >= 15 is 0 Å². The maximum Gasteiger partial charge on any atom is 0.313 e. The van der Waals surface area contributed by atoms with Crippen molar-refractivity contribution >= 4 is 45.9 Å². The van der Waals surface area contributed by atoms with Crippen LogP contribution in [-0.2, 0) is 24.7 Å². The minimum absolute atomic E-state index is 0.147. The second-order valence-corrected chi connectivity index (χ2v) is 6.34. The monoisotopic (exact) mass is 433 g/mol. The molecule has 1 aliphatic rings. The van der Waals surface area contributed by atoms with E-state index in [1.54, 1.807) is 25.1 Å². The fourth-order valence-electron chi connectivity index (χ4n) is 2.55.